The van der Waals surface area contributed by atoms with Gasteiger partial charge in [0.25, 0.3) is 0 Å². The predicted molar refractivity (Wildman–Crippen MR) is 96.6 cm³/mol. The Hall–Kier alpha value is -2.81. The molecule has 2 aromatic rings. The molecule has 0 aliphatic rings. The number of nitrogens with zero attached hydrogens (tertiary/aromatic N) is 3. The Bertz CT molecular complexity index is 752. The fourth-order valence-electron chi connectivity index (χ4n) is 2.52. The van der Waals surface area contributed by atoms with E-state index in [-0.39, 0.29) is 5.95 Å². The number of nitrogens with two attached hydrogens (primary N) is 1. The molecule has 0 atom stereocenters. The van der Waals surface area contributed by atoms with Crippen LogP contribution in [0.3, 0.4) is 0 Å². The summed E-state index contributed by atoms with van der Waals surface area (Å²) in [6.45, 7) is 12.1. The minimum Gasteiger partial charge on any atom is -0.497 e. The highest BCUT2D eigenvalue weighted by Crippen LogP contribution is 2.29. The van der Waals surface area contributed by atoms with Crippen LogP contribution in [0.5, 0.6) is 5.75 Å². The van der Waals surface area contributed by atoms with Crippen molar-refractivity contribution in [3.8, 4) is 5.75 Å². The number of rotatable bonds is 7. The normalized spacial score (nSPS) is 10.2. The largest absolute Gasteiger partial charge is 0.497 e. The van der Waals surface area contributed by atoms with Crippen molar-refractivity contribution in [1.29, 1.82) is 0 Å². The molecule has 1 heterocycles. The van der Waals surface area contributed by atoms with Crippen molar-refractivity contribution in [3.05, 3.63) is 46.4 Å². The van der Waals surface area contributed by atoms with Gasteiger partial charge in [-0.05, 0) is 31.0 Å². The van der Waals surface area contributed by atoms with Crippen LogP contribution >= 0.6 is 0 Å². The van der Waals surface area contributed by atoms with Gasteiger partial charge in [0.1, 0.15) is 11.6 Å². The summed E-state index contributed by atoms with van der Waals surface area (Å²) in [4.78, 5) is 12.1. The first-order valence-corrected chi connectivity index (χ1v) is 8.00. The second-order valence-electron chi connectivity index (χ2n) is 5.56. The summed E-state index contributed by atoms with van der Waals surface area (Å²) < 4.78 is 5.43. The molecule has 126 valence electrons. The summed E-state index contributed by atoms with van der Waals surface area (Å²) in [7, 11) is 1.63. The number of methoxy groups -OCH3 is 1. The minimum atomic E-state index is 0.261. The lowest BCUT2D eigenvalue weighted by Gasteiger charge is -2.15. The molecule has 1 aromatic carbocycles. The number of ether oxygens (including phenoxy) is 1. The summed E-state index contributed by atoms with van der Waals surface area (Å²) in [5.41, 5.74) is 9.12. The predicted octanol–water partition coefficient (Wildman–Crippen LogP) is 3.73. The number of aryl methyl sites for hydroxylation is 1. The van der Waals surface area contributed by atoms with Gasteiger partial charge in [0.2, 0.25) is 5.95 Å². The number of nitrogens with one attached hydrogen (secondary N) is 1. The third kappa shape index (κ3) is 4.13. The van der Waals surface area contributed by atoms with E-state index in [1.165, 1.54) is 0 Å². The van der Waals surface area contributed by atoms with Crippen molar-refractivity contribution in [2.24, 2.45) is 0 Å². The zero-order valence-electron chi connectivity index (χ0n) is 14.4. The highest BCUT2D eigenvalue weighted by atomic mass is 16.5. The maximum absolute atomic E-state index is 7.20. The van der Waals surface area contributed by atoms with E-state index in [9.17, 15) is 0 Å². The van der Waals surface area contributed by atoms with Crippen molar-refractivity contribution >= 4 is 17.5 Å². The minimum absolute atomic E-state index is 0.261. The van der Waals surface area contributed by atoms with Crippen molar-refractivity contribution in [3.63, 3.8) is 0 Å². The molecule has 6 heteroatoms. The lowest BCUT2D eigenvalue weighted by atomic mass is 10.0. The molecule has 0 aliphatic carbocycles. The molecule has 0 unspecified atom stereocenters. The van der Waals surface area contributed by atoms with E-state index in [4.69, 9.17) is 17.0 Å². The average Bonchev–Trinajstić information content (AvgIpc) is 2.57. The van der Waals surface area contributed by atoms with Gasteiger partial charge in [-0.1, -0.05) is 19.4 Å². The van der Waals surface area contributed by atoms with Crippen LogP contribution in [0.2, 0.25) is 0 Å². The maximum Gasteiger partial charge on any atom is 0.222 e. The number of aromatic nitrogens is 2. The van der Waals surface area contributed by atoms with Crippen LogP contribution in [0, 0.1) is 13.5 Å². The van der Waals surface area contributed by atoms with Gasteiger partial charge in [-0.3, -0.25) is 0 Å². The summed E-state index contributed by atoms with van der Waals surface area (Å²) in [6.07, 6.45) is 2.73. The van der Waals surface area contributed by atoms with Gasteiger partial charge >= 0.3 is 0 Å². The highest BCUT2D eigenvalue weighted by molar-refractivity contribution is 5.57. The van der Waals surface area contributed by atoms with Crippen LogP contribution in [-0.4, -0.2) is 23.6 Å². The van der Waals surface area contributed by atoms with E-state index >= 15 is 0 Å². The zero-order chi connectivity index (χ0) is 17.5. The molecule has 0 fully saturated rings. The Labute approximate surface area is 142 Å². The van der Waals surface area contributed by atoms with Crippen molar-refractivity contribution in [2.45, 2.75) is 33.1 Å². The molecular weight excluding hydrogens is 302 g/mol. The Balaban J connectivity index is 2.40. The summed E-state index contributed by atoms with van der Waals surface area (Å²) in [6, 6.07) is 5.42. The van der Waals surface area contributed by atoms with Crippen LogP contribution in [0.25, 0.3) is 4.85 Å². The monoisotopic (exact) mass is 325 g/mol. The second-order valence-corrected chi connectivity index (χ2v) is 5.56. The molecule has 0 saturated heterocycles. The SMILES string of the molecule is [C-]#[N+]c1ccc(OC)c(Cc2c(C)nc(N)nc2NCCCC)c1. The molecule has 6 nitrogen and oxygen atoms in total. The highest BCUT2D eigenvalue weighted by Gasteiger charge is 2.14. The van der Waals surface area contributed by atoms with E-state index in [1.54, 1.807) is 13.2 Å². The van der Waals surface area contributed by atoms with Crippen molar-refractivity contribution < 1.29 is 4.74 Å². The second kappa shape index (κ2) is 8.16. The molecule has 3 N–H and O–H groups in total. The molecule has 0 aliphatic heterocycles. The smallest absolute Gasteiger partial charge is 0.222 e. The van der Waals surface area contributed by atoms with E-state index in [2.05, 4.69) is 27.1 Å². The van der Waals surface area contributed by atoms with Crippen LogP contribution in [0.15, 0.2) is 18.2 Å². The quantitative estimate of drug-likeness (QED) is 0.599. The first-order valence-electron chi connectivity index (χ1n) is 8.00. The van der Waals surface area contributed by atoms with Crippen LogP contribution in [-0.2, 0) is 6.42 Å². The van der Waals surface area contributed by atoms with Gasteiger partial charge < -0.3 is 15.8 Å². The van der Waals surface area contributed by atoms with Crippen molar-refractivity contribution in [1.82, 2.24) is 9.97 Å². The number of unbranched alkanes of at least 4 members (excludes halogenated alkanes) is 1. The Kier molecular flexibility index (Phi) is 5.96. The molecule has 0 saturated carbocycles. The summed E-state index contributed by atoms with van der Waals surface area (Å²) >= 11 is 0. The molecule has 0 spiro atoms. The Morgan fingerprint density at radius 3 is 2.79 bits per heavy atom. The number of hydrogen-bond acceptors (Lipinski definition) is 5. The standard InChI is InChI=1S/C18H23N5O/c1-5-6-9-21-17-15(12(2)22-18(19)23-17)11-13-10-14(20-3)7-8-16(13)24-4/h7-8,10H,5-6,9,11H2,1-2,4H3,(H3,19,21,22,23). The molecule has 1 aromatic heterocycles. The Morgan fingerprint density at radius 1 is 1.33 bits per heavy atom. The lowest BCUT2D eigenvalue weighted by molar-refractivity contribution is 0.410. The van der Waals surface area contributed by atoms with E-state index < -0.39 is 0 Å². The first kappa shape index (κ1) is 17.5. The summed E-state index contributed by atoms with van der Waals surface area (Å²) in [5.74, 6) is 1.76. The first-order chi connectivity index (χ1) is 11.6. The molecule has 0 bridgehead atoms. The molecule has 2 rings (SSSR count). The summed E-state index contributed by atoms with van der Waals surface area (Å²) in [5, 5.41) is 3.35. The van der Waals surface area contributed by atoms with E-state index in [1.807, 2.05) is 19.1 Å². The van der Waals surface area contributed by atoms with Crippen molar-refractivity contribution in [2.75, 3.05) is 24.7 Å². The molecular formula is C18H23N5O. The maximum atomic E-state index is 7.20. The van der Waals surface area contributed by atoms with E-state index in [0.717, 1.165) is 47.8 Å². The molecule has 24 heavy (non-hydrogen) atoms. The van der Waals surface area contributed by atoms with Gasteiger partial charge in [0.05, 0.1) is 13.7 Å². The van der Waals surface area contributed by atoms with Gasteiger partial charge in [0, 0.05) is 24.2 Å². The number of benzene rings is 1. The van der Waals surface area contributed by atoms with Crippen LogP contribution in [0.4, 0.5) is 17.5 Å². The molecule has 0 radical (unpaired) electrons. The van der Waals surface area contributed by atoms with Gasteiger partial charge in [-0.15, -0.1) is 0 Å². The topological polar surface area (TPSA) is 77.4 Å². The fourth-order valence-corrected chi connectivity index (χ4v) is 2.52. The number of nitrogen functional groups attached to an aromatic ring is 1. The number of anilines is 2. The fraction of sp³-hybridized carbons (Fsp3) is 0.389. The van der Waals surface area contributed by atoms with Gasteiger partial charge in [-0.2, -0.15) is 4.98 Å². The van der Waals surface area contributed by atoms with Gasteiger partial charge in [-0.25, -0.2) is 9.83 Å². The molecule has 0 amide bonds. The van der Waals surface area contributed by atoms with Crippen LogP contribution in [0.1, 0.15) is 36.6 Å². The Morgan fingerprint density at radius 2 is 2.12 bits per heavy atom. The lowest BCUT2D eigenvalue weighted by Crippen LogP contribution is -2.11. The van der Waals surface area contributed by atoms with E-state index in [0.29, 0.717) is 12.1 Å². The zero-order valence-corrected chi connectivity index (χ0v) is 14.4. The third-order valence-corrected chi connectivity index (χ3v) is 3.81. The third-order valence-electron chi connectivity index (χ3n) is 3.81. The van der Waals surface area contributed by atoms with Gasteiger partial charge in [0.15, 0.2) is 5.69 Å². The van der Waals surface area contributed by atoms with Crippen LogP contribution < -0.4 is 15.8 Å². The average molecular weight is 325 g/mol. The number of hydrogen-bond donors (Lipinski definition) is 2.